The van der Waals surface area contributed by atoms with Gasteiger partial charge in [0.1, 0.15) is 5.75 Å². The van der Waals surface area contributed by atoms with Gasteiger partial charge in [-0.15, -0.1) is 24.0 Å². The molecule has 0 spiro atoms. The maximum Gasteiger partial charge on any atom is 0.191 e. The number of rotatable bonds is 7. The second-order valence-corrected chi connectivity index (χ2v) is 7.52. The van der Waals surface area contributed by atoms with E-state index in [4.69, 9.17) is 4.74 Å². The zero-order chi connectivity index (χ0) is 18.2. The summed E-state index contributed by atoms with van der Waals surface area (Å²) in [5.41, 5.74) is 1.32. The van der Waals surface area contributed by atoms with Gasteiger partial charge in [-0.2, -0.15) is 0 Å². The number of hydrogen-bond acceptors (Lipinski definition) is 3. The van der Waals surface area contributed by atoms with Crippen LogP contribution in [-0.4, -0.2) is 56.7 Å². The molecule has 1 saturated carbocycles. The Morgan fingerprint density at radius 2 is 2.07 bits per heavy atom. The predicted molar refractivity (Wildman–Crippen MR) is 123 cm³/mol. The first-order valence-corrected chi connectivity index (χ1v) is 10.1. The second-order valence-electron chi connectivity index (χ2n) is 7.52. The van der Waals surface area contributed by atoms with E-state index in [0.29, 0.717) is 6.04 Å². The molecule has 0 bridgehead atoms. The smallest absolute Gasteiger partial charge is 0.191 e. The van der Waals surface area contributed by atoms with E-state index in [2.05, 4.69) is 38.7 Å². The van der Waals surface area contributed by atoms with Crippen molar-refractivity contribution < 1.29 is 4.74 Å². The molecule has 2 aliphatic rings. The van der Waals surface area contributed by atoms with Crippen LogP contribution in [0, 0.1) is 0 Å². The first-order chi connectivity index (χ1) is 12.8. The van der Waals surface area contributed by atoms with E-state index in [1.54, 1.807) is 7.11 Å². The van der Waals surface area contributed by atoms with Crippen LogP contribution in [0.5, 0.6) is 5.75 Å². The lowest BCUT2D eigenvalue weighted by molar-refractivity contribution is 0.242. The summed E-state index contributed by atoms with van der Waals surface area (Å²) < 4.78 is 5.29. The molecule has 1 aliphatic carbocycles. The number of aliphatic imine (C=N–C) groups is 1. The summed E-state index contributed by atoms with van der Waals surface area (Å²) in [6, 6.07) is 9.68. The van der Waals surface area contributed by atoms with E-state index in [1.165, 1.54) is 44.2 Å². The number of guanidine groups is 1. The minimum absolute atomic E-state index is 0. The maximum atomic E-state index is 5.29. The molecule has 152 valence electrons. The fourth-order valence-corrected chi connectivity index (χ4v) is 4.22. The van der Waals surface area contributed by atoms with Gasteiger partial charge in [0.15, 0.2) is 5.96 Å². The minimum Gasteiger partial charge on any atom is -0.497 e. The van der Waals surface area contributed by atoms with E-state index < -0.39 is 0 Å². The van der Waals surface area contributed by atoms with Gasteiger partial charge in [-0.25, -0.2) is 0 Å². The number of benzene rings is 1. The molecule has 1 aromatic rings. The van der Waals surface area contributed by atoms with Gasteiger partial charge in [0.2, 0.25) is 0 Å². The van der Waals surface area contributed by atoms with Gasteiger partial charge in [0.05, 0.1) is 7.11 Å². The van der Waals surface area contributed by atoms with Crippen LogP contribution in [0.4, 0.5) is 0 Å². The molecule has 1 saturated heterocycles. The van der Waals surface area contributed by atoms with Crippen LogP contribution in [0.2, 0.25) is 0 Å². The number of nitrogens with zero attached hydrogens (tertiary/aromatic N) is 2. The highest BCUT2D eigenvalue weighted by atomic mass is 127. The normalized spacial score (nSPS) is 21.1. The summed E-state index contributed by atoms with van der Waals surface area (Å²) in [6.45, 7) is 3.32. The third kappa shape index (κ3) is 6.82. The Morgan fingerprint density at radius 1 is 1.26 bits per heavy atom. The third-order valence-electron chi connectivity index (χ3n) is 5.69. The number of methoxy groups -OCH3 is 1. The predicted octanol–water partition coefficient (Wildman–Crippen LogP) is 3.43. The van der Waals surface area contributed by atoms with E-state index >= 15 is 0 Å². The molecule has 0 amide bonds. The van der Waals surface area contributed by atoms with Gasteiger partial charge in [-0.05, 0) is 49.8 Å². The summed E-state index contributed by atoms with van der Waals surface area (Å²) in [5.74, 6) is 1.87. The first kappa shape index (κ1) is 22.3. The Bertz CT molecular complexity index is 589. The summed E-state index contributed by atoms with van der Waals surface area (Å²) >= 11 is 0. The minimum atomic E-state index is 0. The lowest BCUT2D eigenvalue weighted by atomic mass is 10.1. The van der Waals surface area contributed by atoms with Gasteiger partial charge in [0.25, 0.3) is 0 Å². The summed E-state index contributed by atoms with van der Waals surface area (Å²) in [7, 11) is 3.58. The van der Waals surface area contributed by atoms with Gasteiger partial charge in [-0.3, -0.25) is 9.89 Å². The number of nitrogens with one attached hydrogen (secondary N) is 2. The van der Waals surface area contributed by atoms with Crippen LogP contribution < -0.4 is 15.4 Å². The van der Waals surface area contributed by atoms with Crippen LogP contribution in [-0.2, 0) is 6.42 Å². The molecule has 2 fully saturated rings. The SMILES string of the molecule is CN=C(NCCCc1cccc(OC)c1)NC1CCN(C2CCCC2)C1.I. The Kier molecular flexibility index (Phi) is 9.68. The topological polar surface area (TPSA) is 48.9 Å². The lowest BCUT2D eigenvalue weighted by Crippen LogP contribution is -2.45. The molecule has 27 heavy (non-hydrogen) atoms. The lowest BCUT2D eigenvalue weighted by Gasteiger charge is -2.24. The van der Waals surface area contributed by atoms with Crippen molar-refractivity contribution in [2.45, 2.75) is 57.0 Å². The van der Waals surface area contributed by atoms with E-state index in [-0.39, 0.29) is 24.0 Å². The highest BCUT2D eigenvalue weighted by molar-refractivity contribution is 14.0. The number of likely N-dealkylation sites (tertiary alicyclic amines) is 1. The molecular weight excluding hydrogens is 451 g/mol. The zero-order valence-corrected chi connectivity index (χ0v) is 19.1. The molecule has 2 N–H and O–H groups in total. The number of hydrogen-bond donors (Lipinski definition) is 2. The molecule has 1 aliphatic heterocycles. The van der Waals surface area contributed by atoms with Crippen LogP contribution in [0.15, 0.2) is 29.3 Å². The average Bonchev–Trinajstić information content (AvgIpc) is 3.36. The van der Waals surface area contributed by atoms with Gasteiger partial charge in [0, 0.05) is 38.8 Å². The number of ether oxygens (including phenoxy) is 1. The Morgan fingerprint density at radius 3 is 2.81 bits per heavy atom. The summed E-state index contributed by atoms with van der Waals surface area (Å²) in [5, 5.41) is 7.08. The van der Waals surface area contributed by atoms with Crippen molar-refractivity contribution >= 4 is 29.9 Å². The average molecular weight is 486 g/mol. The van der Waals surface area contributed by atoms with Crippen molar-refractivity contribution in [1.29, 1.82) is 0 Å². The van der Waals surface area contributed by atoms with Gasteiger partial charge in [-0.1, -0.05) is 25.0 Å². The number of aryl methyl sites for hydroxylation is 1. The largest absolute Gasteiger partial charge is 0.497 e. The molecule has 1 unspecified atom stereocenters. The quantitative estimate of drug-likeness (QED) is 0.269. The van der Waals surface area contributed by atoms with Gasteiger partial charge < -0.3 is 15.4 Å². The van der Waals surface area contributed by atoms with E-state index in [9.17, 15) is 0 Å². The maximum absolute atomic E-state index is 5.29. The molecule has 0 radical (unpaired) electrons. The van der Waals surface area contributed by atoms with Crippen LogP contribution in [0.3, 0.4) is 0 Å². The van der Waals surface area contributed by atoms with Crippen molar-refractivity contribution in [1.82, 2.24) is 15.5 Å². The Labute approximate surface area is 181 Å². The standard InChI is InChI=1S/C21H34N4O.HI/c1-22-21(23-13-6-8-17-7-5-11-20(15-17)26-2)24-18-12-14-25(16-18)19-9-3-4-10-19;/h5,7,11,15,18-19H,3-4,6,8-10,12-14,16H2,1-2H3,(H2,22,23,24);1H. The van der Waals surface area contributed by atoms with Gasteiger partial charge >= 0.3 is 0 Å². The van der Waals surface area contributed by atoms with Crippen molar-refractivity contribution in [2.24, 2.45) is 4.99 Å². The molecule has 1 atom stereocenters. The molecule has 1 heterocycles. The van der Waals surface area contributed by atoms with Crippen LogP contribution in [0.1, 0.15) is 44.1 Å². The summed E-state index contributed by atoms with van der Waals surface area (Å²) in [4.78, 5) is 7.08. The van der Waals surface area contributed by atoms with Crippen molar-refractivity contribution in [3.8, 4) is 5.75 Å². The number of halogens is 1. The molecule has 1 aromatic carbocycles. The Hall–Kier alpha value is -1.02. The second kappa shape index (κ2) is 11.7. The highest BCUT2D eigenvalue weighted by Crippen LogP contribution is 2.26. The van der Waals surface area contributed by atoms with Crippen molar-refractivity contribution in [3.05, 3.63) is 29.8 Å². The van der Waals surface area contributed by atoms with Crippen LogP contribution >= 0.6 is 24.0 Å². The summed E-state index contributed by atoms with van der Waals surface area (Å²) in [6.07, 6.45) is 8.95. The van der Waals surface area contributed by atoms with Crippen molar-refractivity contribution in [2.75, 3.05) is 33.8 Å². The molecule has 3 rings (SSSR count). The molecule has 5 nitrogen and oxygen atoms in total. The van der Waals surface area contributed by atoms with E-state index in [1.807, 2.05) is 13.1 Å². The molecule has 6 heteroatoms. The monoisotopic (exact) mass is 486 g/mol. The van der Waals surface area contributed by atoms with Crippen LogP contribution in [0.25, 0.3) is 0 Å². The zero-order valence-electron chi connectivity index (χ0n) is 16.7. The molecular formula is C21H35IN4O. The first-order valence-electron chi connectivity index (χ1n) is 10.1. The fraction of sp³-hybridized carbons (Fsp3) is 0.667. The van der Waals surface area contributed by atoms with E-state index in [0.717, 1.165) is 43.7 Å². The Balaban J connectivity index is 0.00000261. The fourth-order valence-electron chi connectivity index (χ4n) is 4.22. The van der Waals surface area contributed by atoms with Crippen molar-refractivity contribution in [3.63, 3.8) is 0 Å². The molecule has 0 aromatic heterocycles. The highest BCUT2D eigenvalue weighted by Gasteiger charge is 2.30. The third-order valence-corrected chi connectivity index (χ3v) is 5.69.